The molecule has 0 bridgehead atoms. The van der Waals surface area contributed by atoms with Gasteiger partial charge < -0.3 is 0 Å². The van der Waals surface area contributed by atoms with Crippen LogP contribution in [0.5, 0.6) is 0 Å². The predicted molar refractivity (Wildman–Crippen MR) is 91.4 cm³/mol. The summed E-state index contributed by atoms with van der Waals surface area (Å²) < 4.78 is 13.9. The molecule has 0 radical (unpaired) electrons. The number of benzene rings is 2. The highest BCUT2D eigenvalue weighted by Crippen LogP contribution is 2.15. The monoisotopic (exact) mass is 294 g/mol. The Hall–Kier alpha value is -2.07. The molecule has 0 spiro atoms. The van der Waals surface area contributed by atoms with Crippen LogP contribution in [-0.2, 0) is 12.8 Å². The van der Waals surface area contributed by atoms with Crippen LogP contribution in [0.25, 0.3) is 0 Å². The quantitative estimate of drug-likeness (QED) is 0.637. The molecule has 1 heteroatoms. The fourth-order valence-corrected chi connectivity index (χ4v) is 2.45. The van der Waals surface area contributed by atoms with Gasteiger partial charge in [-0.2, -0.15) is 0 Å². The maximum Gasteiger partial charge on any atom is 0.127 e. The number of halogens is 1. The molecule has 2 rings (SSSR count). The molecular formula is C21H23F. The topological polar surface area (TPSA) is 0 Å². The van der Waals surface area contributed by atoms with E-state index in [1.54, 1.807) is 6.07 Å². The Morgan fingerprint density at radius 3 is 2.32 bits per heavy atom. The number of rotatable bonds is 5. The van der Waals surface area contributed by atoms with Crippen LogP contribution in [0.15, 0.2) is 42.5 Å². The first-order chi connectivity index (χ1) is 10.7. The first-order valence-corrected chi connectivity index (χ1v) is 8.13. The summed E-state index contributed by atoms with van der Waals surface area (Å²) in [6.07, 6.45) is 5.19. The summed E-state index contributed by atoms with van der Waals surface area (Å²) in [7, 11) is 0. The second kappa shape index (κ2) is 8.39. The summed E-state index contributed by atoms with van der Waals surface area (Å²) in [5, 5.41) is 0. The first kappa shape index (κ1) is 16.3. The normalized spacial score (nSPS) is 10.1. The molecule has 0 aliphatic carbocycles. The molecule has 0 unspecified atom stereocenters. The zero-order chi connectivity index (χ0) is 15.8. The fraction of sp³-hybridized carbons (Fsp3) is 0.333. The van der Waals surface area contributed by atoms with Crippen LogP contribution in [0.2, 0.25) is 0 Å². The molecule has 2 aromatic rings. The Labute approximate surface area is 133 Å². The van der Waals surface area contributed by atoms with Crippen molar-refractivity contribution in [2.45, 2.75) is 46.0 Å². The molecule has 0 fully saturated rings. The highest BCUT2D eigenvalue weighted by Gasteiger charge is 2.05. The Balaban J connectivity index is 2.18. The molecule has 0 saturated carbocycles. The average molecular weight is 294 g/mol. The standard InChI is InChI=1S/C21H23F/c1-3-5-8-17-11-13-18(14-12-17)15-16-19-9-6-10-21(22)20(19)7-4-2/h6,9-14H,3-5,7-8H2,1-2H3. The van der Waals surface area contributed by atoms with E-state index in [2.05, 4.69) is 50.0 Å². The van der Waals surface area contributed by atoms with E-state index in [4.69, 9.17) is 0 Å². The lowest BCUT2D eigenvalue weighted by Gasteiger charge is -2.04. The smallest absolute Gasteiger partial charge is 0.127 e. The predicted octanol–water partition coefficient (Wildman–Crippen LogP) is 5.52. The van der Waals surface area contributed by atoms with Crippen LogP contribution in [0.4, 0.5) is 4.39 Å². The van der Waals surface area contributed by atoms with E-state index in [9.17, 15) is 4.39 Å². The summed E-state index contributed by atoms with van der Waals surface area (Å²) in [5.41, 5.74) is 3.87. The van der Waals surface area contributed by atoms with Crippen molar-refractivity contribution in [3.63, 3.8) is 0 Å². The van der Waals surface area contributed by atoms with Crippen molar-refractivity contribution in [2.75, 3.05) is 0 Å². The van der Waals surface area contributed by atoms with Crippen molar-refractivity contribution in [1.29, 1.82) is 0 Å². The summed E-state index contributed by atoms with van der Waals surface area (Å²) in [6.45, 7) is 4.26. The van der Waals surface area contributed by atoms with Crippen molar-refractivity contribution < 1.29 is 4.39 Å². The molecule has 0 nitrogen and oxygen atoms in total. The van der Waals surface area contributed by atoms with Gasteiger partial charge in [0.15, 0.2) is 0 Å². The maximum absolute atomic E-state index is 13.9. The molecule has 114 valence electrons. The number of hydrogen-bond donors (Lipinski definition) is 0. The van der Waals surface area contributed by atoms with E-state index < -0.39 is 0 Å². The summed E-state index contributed by atoms with van der Waals surface area (Å²) in [4.78, 5) is 0. The van der Waals surface area contributed by atoms with Gasteiger partial charge in [-0.05, 0) is 49.1 Å². The molecule has 22 heavy (non-hydrogen) atoms. The molecular weight excluding hydrogens is 271 g/mol. The van der Waals surface area contributed by atoms with Crippen molar-refractivity contribution in [3.05, 3.63) is 70.5 Å². The SMILES string of the molecule is CCCCc1ccc(C#Cc2cccc(F)c2CCC)cc1. The van der Waals surface area contributed by atoms with Crippen LogP contribution in [0.1, 0.15) is 55.4 Å². The van der Waals surface area contributed by atoms with E-state index in [1.807, 2.05) is 6.07 Å². The molecule has 2 aromatic carbocycles. The van der Waals surface area contributed by atoms with E-state index in [1.165, 1.54) is 24.5 Å². The van der Waals surface area contributed by atoms with Crippen LogP contribution in [-0.4, -0.2) is 0 Å². The number of hydrogen-bond acceptors (Lipinski definition) is 0. The highest BCUT2D eigenvalue weighted by molar-refractivity contribution is 5.47. The highest BCUT2D eigenvalue weighted by atomic mass is 19.1. The van der Waals surface area contributed by atoms with Crippen molar-refractivity contribution in [2.24, 2.45) is 0 Å². The molecule has 0 aliphatic heterocycles. The average Bonchev–Trinajstić information content (AvgIpc) is 2.54. The van der Waals surface area contributed by atoms with E-state index in [0.717, 1.165) is 36.0 Å². The lowest BCUT2D eigenvalue weighted by molar-refractivity contribution is 0.606. The van der Waals surface area contributed by atoms with E-state index in [0.29, 0.717) is 0 Å². The fourth-order valence-electron chi connectivity index (χ4n) is 2.45. The van der Waals surface area contributed by atoms with Gasteiger partial charge in [0.05, 0.1) is 0 Å². The third kappa shape index (κ3) is 4.46. The lowest BCUT2D eigenvalue weighted by Crippen LogP contribution is -1.94. The molecule has 0 atom stereocenters. The second-order valence-electron chi connectivity index (χ2n) is 5.57. The summed E-state index contributed by atoms with van der Waals surface area (Å²) in [5.74, 6) is 6.13. The minimum atomic E-state index is -0.149. The van der Waals surface area contributed by atoms with Gasteiger partial charge in [-0.25, -0.2) is 4.39 Å². The zero-order valence-electron chi connectivity index (χ0n) is 13.5. The Morgan fingerprint density at radius 2 is 1.64 bits per heavy atom. The Morgan fingerprint density at radius 1 is 0.864 bits per heavy atom. The van der Waals surface area contributed by atoms with Crippen molar-refractivity contribution in [3.8, 4) is 11.8 Å². The van der Waals surface area contributed by atoms with Gasteiger partial charge in [0.1, 0.15) is 5.82 Å². The van der Waals surface area contributed by atoms with Gasteiger partial charge in [-0.1, -0.05) is 56.7 Å². The van der Waals surface area contributed by atoms with Crippen LogP contribution in [0, 0.1) is 17.7 Å². The van der Waals surface area contributed by atoms with E-state index >= 15 is 0 Å². The van der Waals surface area contributed by atoms with Gasteiger partial charge in [-0.15, -0.1) is 0 Å². The second-order valence-corrected chi connectivity index (χ2v) is 5.57. The van der Waals surface area contributed by atoms with Crippen molar-refractivity contribution in [1.82, 2.24) is 0 Å². The zero-order valence-corrected chi connectivity index (χ0v) is 13.5. The van der Waals surface area contributed by atoms with Gasteiger partial charge >= 0.3 is 0 Å². The van der Waals surface area contributed by atoms with Gasteiger partial charge in [-0.3, -0.25) is 0 Å². The van der Waals surface area contributed by atoms with Crippen LogP contribution >= 0.6 is 0 Å². The van der Waals surface area contributed by atoms with E-state index in [-0.39, 0.29) is 5.82 Å². The summed E-state index contributed by atoms with van der Waals surface area (Å²) in [6, 6.07) is 13.5. The number of aryl methyl sites for hydroxylation is 1. The van der Waals surface area contributed by atoms with Crippen molar-refractivity contribution >= 4 is 0 Å². The van der Waals surface area contributed by atoms with Gasteiger partial charge in [0.2, 0.25) is 0 Å². The molecule has 0 saturated heterocycles. The van der Waals surface area contributed by atoms with Gasteiger partial charge in [0, 0.05) is 16.7 Å². The molecule has 0 heterocycles. The van der Waals surface area contributed by atoms with Gasteiger partial charge in [0.25, 0.3) is 0 Å². The Bertz CT molecular complexity index is 657. The molecule has 0 amide bonds. The Kier molecular flexibility index (Phi) is 6.22. The minimum absolute atomic E-state index is 0.149. The molecule has 0 aromatic heterocycles. The van der Waals surface area contributed by atoms with Crippen LogP contribution in [0.3, 0.4) is 0 Å². The third-order valence-electron chi connectivity index (χ3n) is 3.73. The lowest BCUT2D eigenvalue weighted by atomic mass is 10.0. The molecule has 0 aliphatic rings. The molecule has 0 N–H and O–H groups in total. The minimum Gasteiger partial charge on any atom is -0.207 e. The third-order valence-corrected chi connectivity index (χ3v) is 3.73. The number of unbranched alkanes of at least 4 members (excludes halogenated alkanes) is 1. The largest absolute Gasteiger partial charge is 0.207 e. The summed E-state index contributed by atoms with van der Waals surface area (Å²) >= 11 is 0. The first-order valence-electron chi connectivity index (χ1n) is 8.13. The maximum atomic E-state index is 13.9. The van der Waals surface area contributed by atoms with Crippen LogP contribution < -0.4 is 0 Å².